The summed E-state index contributed by atoms with van der Waals surface area (Å²) >= 11 is 0. The molecule has 1 N–H and O–H groups in total. The zero-order chi connectivity index (χ0) is 9.11. The minimum absolute atomic E-state index is 0.986. The van der Waals surface area contributed by atoms with Gasteiger partial charge in [0.1, 0.15) is 0 Å². The number of rotatable bonds is 1. The lowest BCUT2D eigenvalue weighted by Gasteiger charge is -1.98. The van der Waals surface area contributed by atoms with Crippen LogP contribution in [0.25, 0.3) is 0 Å². The predicted octanol–water partition coefficient (Wildman–Crippen LogP) is 2.83. The molecule has 0 aromatic heterocycles. The Hall–Kier alpha value is -0.300. The fourth-order valence-electron chi connectivity index (χ4n) is 1.06. The first-order valence-corrected chi connectivity index (χ1v) is 4.64. The zero-order valence-corrected chi connectivity index (χ0v) is 8.32. The third-order valence-electron chi connectivity index (χ3n) is 1.74. The molecule has 0 bridgehead atoms. The van der Waals surface area contributed by atoms with Gasteiger partial charge in [0.15, 0.2) is 0 Å². The van der Waals surface area contributed by atoms with Gasteiger partial charge in [0.2, 0.25) is 0 Å². The highest BCUT2D eigenvalue weighted by molar-refractivity contribution is 4.68. The summed E-state index contributed by atoms with van der Waals surface area (Å²) in [5.74, 6) is 0.986. The van der Waals surface area contributed by atoms with Crippen LogP contribution >= 0.6 is 0 Å². The van der Waals surface area contributed by atoms with Gasteiger partial charge >= 0.3 is 0 Å². The first-order valence-electron chi connectivity index (χ1n) is 4.64. The Balaban J connectivity index is 0. The van der Waals surface area contributed by atoms with Gasteiger partial charge in [-0.1, -0.05) is 27.2 Å². The van der Waals surface area contributed by atoms with Crippen molar-refractivity contribution in [3.63, 3.8) is 0 Å². The van der Waals surface area contributed by atoms with Crippen molar-refractivity contribution >= 4 is 0 Å². The van der Waals surface area contributed by atoms with E-state index in [-0.39, 0.29) is 0 Å². The van der Waals surface area contributed by atoms with Crippen LogP contribution in [0, 0.1) is 5.92 Å². The molecule has 0 aliphatic carbocycles. The Bertz CT molecular complexity index is 55.9. The van der Waals surface area contributed by atoms with E-state index >= 15 is 0 Å². The minimum atomic E-state index is 0.986. The van der Waals surface area contributed by atoms with Crippen molar-refractivity contribution in [2.45, 2.75) is 33.6 Å². The van der Waals surface area contributed by atoms with Gasteiger partial charge in [0.05, 0.1) is 0 Å². The molecular weight excluding hydrogens is 134 g/mol. The van der Waals surface area contributed by atoms with Gasteiger partial charge in [-0.3, -0.25) is 0 Å². The molecule has 0 aromatic rings. The van der Waals surface area contributed by atoms with E-state index in [4.69, 9.17) is 0 Å². The molecule has 1 rings (SSSR count). The lowest BCUT2D eigenvalue weighted by atomic mass is 10.1. The first kappa shape index (κ1) is 13.3. The maximum Gasteiger partial charge on any atom is -0.00201 e. The van der Waals surface area contributed by atoms with Crippen molar-refractivity contribution in [2.24, 2.45) is 5.92 Å². The first-order chi connectivity index (χ1) is 5.43. The lowest BCUT2D eigenvalue weighted by Crippen LogP contribution is -2.07. The summed E-state index contributed by atoms with van der Waals surface area (Å²) in [5, 5.41) is 3.32. The summed E-state index contributed by atoms with van der Waals surface area (Å²) in [6.45, 7) is 14.8. The van der Waals surface area contributed by atoms with Crippen LogP contribution in [0.5, 0.6) is 0 Å². The molecule has 0 aromatic carbocycles. The second-order valence-electron chi connectivity index (χ2n) is 2.27. The van der Waals surface area contributed by atoms with Gasteiger partial charge < -0.3 is 5.32 Å². The smallest absolute Gasteiger partial charge is 0.00201 e. The number of nitrogens with one attached hydrogen (secondary N) is 1. The molecule has 1 aliphatic rings. The van der Waals surface area contributed by atoms with Crippen LogP contribution in [0.15, 0.2) is 13.2 Å². The maximum atomic E-state index is 3.32. The van der Waals surface area contributed by atoms with E-state index in [0.29, 0.717) is 0 Å². The average molecular weight is 157 g/mol. The van der Waals surface area contributed by atoms with E-state index in [1.54, 1.807) is 0 Å². The molecule has 1 unspecified atom stereocenters. The molecule has 0 radical (unpaired) electrons. The quantitative estimate of drug-likeness (QED) is 0.577. The Morgan fingerprint density at radius 3 is 2.09 bits per heavy atom. The fraction of sp³-hybridized carbons (Fsp3) is 0.800. The molecule has 1 nitrogen and oxygen atoms in total. The highest BCUT2D eigenvalue weighted by atomic mass is 14.9. The van der Waals surface area contributed by atoms with Crippen molar-refractivity contribution in [3.8, 4) is 0 Å². The van der Waals surface area contributed by atoms with Crippen LogP contribution in [-0.2, 0) is 0 Å². The van der Waals surface area contributed by atoms with Crippen molar-refractivity contribution in [2.75, 3.05) is 13.1 Å². The molecule has 1 fully saturated rings. The fourth-order valence-corrected chi connectivity index (χ4v) is 1.06. The van der Waals surface area contributed by atoms with Gasteiger partial charge in [-0.2, -0.15) is 0 Å². The SMILES string of the molecule is C=C.CC.CCC1CCNC1. The number of hydrogen-bond donors (Lipinski definition) is 1. The van der Waals surface area contributed by atoms with Gasteiger partial charge in [0.25, 0.3) is 0 Å². The molecule has 0 saturated carbocycles. The van der Waals surface area contributed by atoms with Crippen molar-refractivity contribution in [1.82, 2.24) is 5.32 Å². The molecule has 1 aliphatic heterocycles. The highest BCUT2D eigenvalue weighted by Crippen LogP contribution is 2.09. The summed E-state index contributed by atoms with van der Waals surface area (Å²) < 4.78 is 0. The average Bonchev–Trinajstić information content (AvgIpc) is 2.63. The van der Waals surface area contributed by atoms with Gasteiger partial charge in [-0.05, 0) is 25.4 Å². The third kappa shape index (κ3) is 7.60. The normalized spacial score (nSPS) is 20.8. The van der Waals surface area contributed by atoms with E-state index in [0.717, 1.165) is 5.92 Å². The summed E-state index contributed by atoms with van der Waals surface area (Å²) in [7, 11) is 0. The molecule has 11 heavy (non-hydrogen) atoms. The van der Waals surface area contributed by atoms with Crippen LogP contribution in [0.1, 0.15) is 33.6 Å². The zero-order valence-electron chi connectivity index (χ0n) is 8.32. The lowest BCUT2D eigenvalue weighted by molar-refractivity contribution is 0.563. The molecule has 0 spiro atoms. The Morgan fingerprint density at radius 2 is 1.91 bits per heavy atom. The van der Waals surface area contributed by atoms with Crippen molar-refractivity contribution in [3.05, 3.63) is 13.2 Å². The standard InChI is InChI=1S/C6H13N.C2H6.C2H4/c1-2-6-3-4-7-5-6;2*1-2/h6-7H,2-5H2,1H3;1-2H3;1-2H2. The topological polar surface area (TPSA) is 12.0 Å². The maximum absolute atomic E-state index is 3.32. The van der Waals surface area contributed by atoms with Gasteiger partial charge in [-0.15, -0.1) is 13.2 Å². The third-order valence-corrected chi connectivity index (χ3v) is 1.74. The molecule has 1 saturated heterocycles. The van der Waals surface area contributed by atoms with Gasteiger partial charge in [0, 0.05) is 0 Å². The van der Waals surface area contributed by atoms with E-state index < -0.39 is 0 Å². The van der Waals surface area contributed by atoms with E-state index in [9.17, 15) is 0 Å². The molecule has 1 atom stereocenters. The summed E-state index contributed by atoms with van der Waals surface area (Å²) in [4.78, 5) is 0. The molecule has 68 valence electrons. The van der Waals surface area contributed by atoms with Crippen LogP contribution < -0.4 is 5.32 Å². The summed E-state index contributed by atoms with van der Waals surface area (Å²) in [5.41, 5.74) is 0. The molecule has 1 heterocycles. The summed E-state index contributed by atoms with van der Waals surface area (Å²) in [6.07, 6.45) is 2.75. The molecule has 1 heteroatoms. The van der Waals surface area contributed by atoms with Gasteiger partial charge in [-0.25, -0.2) is 0 Å². The van der Waals surface area contributed by atoms with E-state index in [2.05, 4.69) is 25.4 Å². The van der Waals surface area contributed by atoms with Crippen molar-refractivity contribution < 1.29 is 0 Å². The van der Waals surface area contributed by atoms with E-state index in [1.807, 2.05) is 13.8 Å². The second-order valence-corrected chi connectivity index (χ2v) is 2.27. The largest absolute Gasteiger partial charge is 0.316 e. The Kier molecular flexibility index (Phi) is 15.0. The van der Waals surface area contributed by atoms with Crippen LogP contribution in [0.4, 0.5) is 0 Å². The molecular formula is C10H23N. The Labute approximate surface area is 71.9 Å². The minimum Gasteiger partial charge on any atom is -0.316 e. The van der Waals surface area contributed by atoms with Crippen LogP contribution in [-0.4, -0.2) is 13.1 Å². The Morgan fingerprint density at radius 1 is 1.36 bits per heavy atom. The molecule has 0 amide bonds. The van der Waals surface area contributed by atoms with Crippen LogP contribution in [0.3, 0.4) is 0 Å². The van der Waals surface area contributed by atoms with Crippen LogP contribution in [0.2, 0.25) is 0 Å². The van der Waals surface area contributed by atoms with Crippen molar-refractivity contribution in [1.29, 1.82) is 0 Å². The predicted molar refractivity (Wildman–Crippen MR) is 53.9 cm³/mol. The van der Waals surface area contributed by atoms with E-state index in [1.165, 1.54) is 25.9 Å². The highest BCUT2D eigenvalue weighted by Gasteiger charge is 2.10. The number of hydrogen-bond acceptors (Lipinski definition) is 1. The monoisotopic (exact) mass is 157 g/mol. The summed E-state index contributed by atoms with van der Waals surface area (Å²) in [6, 6.07) is 0. The second kappa shape index (κ2) is 12.4.